The van der Waals surface area contributed by atoms with E-state index in [4.69, 9.17) is 0 Å². The van der Waals surface area contributed by atoms with Crippen molar-refractivity contribution in [1.29, 1.82) is 0 Å². The van der Waals surface area contributed by atoms with Crippen molar-refractivity contribution in [3.63, 3.8) is 0 Å². The first-order chi connectivity index (χ1) is 13.8. The summed E-state index contributed by atoms with van der Waals surface area (Å²) in [4.78, 5) is 25.0. The lowest BCUT2D eigenvalue weighted by Crippen LogP contribution is -2.16. The Balaban J connectivity index is 1.71. The number of benzene rings is 1. The lowest BCUT2D eigenvalue weighted by Gasteiger charge is -2.08. The number of hydrogen-bond donors (Lipinski definition) is 2. The van der Waals surface area contributed by atoms with Crippen LogP contribution in [-0.4, -0.2) is 31.4 Å². The minimum atomic E-state index is -0.348. The molecular formula is C21H26N6O2. The fourth-order valence-corrected chi connectivity index (χ4v) is 3.19. The standard InChI is InChI=1S/C21H26N6O2/c1-13(2)27-15(4)20(14(3)24-27)23-21(29)17-12-18(26(5)25-17)22-19(28)11-16-9-7-6-8-10-16/h6-10,12-13H,11H2,1-5H3,(H,22,28)(H,23,29). The van der Waals surface area contributed by atoms with Gasteiger partial charge in [-0.05, 0) is 33.3 Å². The summed E-state index contributed by atoms with van der Waals surface area (Å²) < 4.78 is 3.35. The van der Waals surface area contributed by atoms with Gasteiger partial charge in [0, 0.05) is 19.2 Å². The van der Waals surface area contributed by atoms with E-state index in [1.165, 1.54) is 4.68 Å². The molecule has 152 valence electrons. The highest BCUT2D eigenvalue weighted by atomic mass is 16.2. The van der Waals surface area contributed by atoms with Crippen LogP contribution in [0.4, 0.5) is 11.5 Å². The van der Waals surface area contributed by atoms with E-state index >= 15 is 0 Å². The third-order valence-corrected chi connectivity index (χ3v) is 4.64. The summed E-state index contributed by atoms with van der Waals surface area (Å²) in [7, 11) is 1.68. The lowest BCUT2D eigenvalue weighted by atomic mass is 10.1. The molecule has 3 aromatic rings. The molecule has 3 rings (SSSR count). The monoisotopic (exact) mass is 394 g/mol. The predicted octanol–water partition coefficient (Wildman–Crippen LogP) is 3.25. The SMILES string of the molecule is Cc1nn(C(C)C)c(C)c1NC(=O)c1cc(NC(=O)Cc2ccccc2)n(C)n1. The normalized spacial score (nSPS) is 11.0. The number of rotatable bonds is 6. The number of aryl methyl sites for hydroxylation is 2. The van der Waals surface area contributed by atoms with Crippen LogP contribution < -0.4 is 10.6 Å². The van der Waals surface area contributed by atoms with Gasteiger partial charge in [-0.15, -0.1) is 0 Å². The first kappa shape index (κ1) is 20.3. The lowest BCUT2D eigenvalue weighted by molar-refractivity contribution is -0.115. The van der Waals surface area contributed by atoms with Gasteiger partial charge in [0.15, 0.2) is 5.69 Å². The van der Waals surface area contributed by atoms with Gasteiger partial charge in [-0.3, -0.25) is 19.0 Å². The third kappa shape index (κ3) is 4.53. The smallest absolute Gasteiger partial charge is 0.276 e. The molecule has 1 aromatic carbocycles. The molecule has 2 N–H and O–H groups in total. The van der Waals surface area contributed by atoms with E-state index in [1.54, 1.807) is 13.1 Å². The van der Waals surface area contributed by atoms with Gasteiger partial charge in [0.2, 0.25) is 5.91 Å². The van der Waals surface area contributed by atoms with Gasteiger partial charge in [-0.1, -0.05) is 30.3 Å². The molecule has 29 heavy (non-hydrogen) atoms. The van der Waals surface area contributed by atoms with Gasteiger partial charge in [0.25, 0.3) is 5.91 Å². The zero-order chi connectivity index (χ0) is 21.1. The van der Waals surface area contributed by atoms with E-state index in [1.807, 2.05) is 62.7 Å². The van der Waals surface area contributed by atoms with Gasteiger partial charge in [-0.2, -0.15) is 10.2 Å². The molecule has 2 amide bonds. The Morgan fingerprint density at radius 1 is 1.07 bits per heavy atom. The first-order valence-corrected chi connectivity index (χ1v) is 9.51. The van der Waals surface area contributed by atoms with E-state index in [-0.39, 0.29) is 30.0 Å². The third-order valence-electron chi connectivity index (χ3n) is 4.64. The van der Waals surface area contributed by atoms with Crippen LogP contribution >= 0.6 is 0 Å². The summed E-state index contributed by atoms with van der Waals surface area (Å²) in [6.45, 7) is 7.85. The number of carbonyl (C=O) groups excluding carboxylic acids is 2. The molecule has 0 aliphatic carbocycles. The number of nitrogens with one attached hydrogen (secondary N) is 2. The Kier molecular flexibility index (Phi) is 5.81. The first-order valence-electron chi connectivity index (χ1n) is 9.51. The topological polar surface area (TPSA) is 93.8 Å². The van der Waals surface area contributed by atoms with E-state index in [0.717, 1.165) is 17.0 Å². The quantitative estimate of drug-likeness (QED) is 0.671. The average Bonchev–Trinajstić information content (AvgIpc) is 3.17. The molecule has 2 aromatic heterocycles. The summed E-state index contributed by atoms with van der Waals surface area (Å²) >= 11 is 0. The van der Waals surface area contributed by atoms with Crippen LogP contribution in [0.5, 0.6) is 0 Å². The number of hydrogen-bond acceptors (Lipinski definition) is 4. The zero-order valence-electron chi connectivity index (χ0n) is 17.4. The molecular weight excluding hydrogens is 368 g/mol. The van der Waals surface area contributed by atoms with Crippen molar-refractivity contribution in [3.8, 4) is 0 Å². The summed E-state index contributed by atoms with van der Waals surface area (Å²) in [5, 5.41) is 14.4. The second-order valence-electron chi connectivity index (χ2n) is 7.29. The minimum Gasteiger partial charge on any atom is -0.317 e. The van der Waals surface area contributed by atoms with Crippen LogP contribution in [0.3, 0.4) is 0 Å². The largest absolute Gasteiger partial charge is 0.317 e. The molecule has 0 aliphatic heterocycles. The molecule has 0 radical (unpaired) electrons. The van der Waals surface area contributed by atoms with Crippen molar-refractivity contribution in [3.05, 3.63) is 59.0 Å². The Labute approximate surface area is 169 Å². The van der Waals surface area contributed by atoms with Crippen molar-refractivity contribution < 1.29 is 9.59 Å². The Morgan fingerprint density at radius 3 is 2.38 bits per heavy atom. The molecule has 8 heteroatoms. The van der Waals surface area contributed by atoms with Gasteiger partial charge in [-0.25, -0.2) is 0 Å². The summed E-state index contributed by atoms with van der Waals surface area (Å²) in [6, 6.07) is 11.2. The van der Waals surface area contributed by atoms with Crippen LogP contribution in [0.15, 0.2) is 36.4 Å². The van der Waals surface area contributed by atoms with Gasteiger partial charge >= 0.3 is 0 Å². The minimum absolute atomic E-state index is 0.170. The molecule has 0 spiro atoms. The van der Waals surface area contributed by atoms with E-state index < -0.39 is 0 Å². The summed E-state index contributed by atoms with van der Waals surface area (Å²) in [5.41, 5.74) is 3.45. The highest BCUT2D eigenvalue weighted by Crippen LogP contribution is 2.23. The van der Waals surface area contributed by atoms with Crippen molar-refractivity contribution >= 4 is 23.3 Å². The fraction of sp³-hybridized carbons (Fsp3) is 0.333. The maximum atomic E-state index is 12.7. The number of nitrogens with zero attached hydrogens (tertiary/aromatic N) is 4. The number of carbonyl (C=O) groups is 2. The maximum absolute atomic E-state index is 12.7. The summed E-state index contributed by atoms with van der Waals surface area (Å²) in [6.07, 6.45) is 0.250. The molecule has 8 nitrogen and oxygen atoms in total. The fourth-order valence-electron chi connectivity index (χ4n) is 3.19. The van der Waals surface area contributed by atoms with Gasteiger partial charge in [0.1, 0.15) is 5.82 Å². The highest BCUT2D eigenvalue weighted by molar-refractivity contribution is 6.04. The molecule has 0 unspecified atom stereocenters. The van der Waals surface area contributed by atoms with E-state index in [9.17, 15) is 9.59 Å². The molecule has 0 atom stereocenters. The number of anilines is 2. The Morgan fingerprint density at radius 2 is 1.76 bits per heavy atom. The van der Waals surface area contributed by atoms with Crippen molar-refractivity contribution in [2.75, 3.05) is 10.6 Å². The van der Waals surface area contributed by atoms with Crippen LogP contribution in [0.2, 0.25) is 0 Å². The zero-order valence-corrected chi connectivity index (χ0v) is 17.4. The summed E-state index contributed by atoms with van der Waals surface area (Å²) in [5.74, 6) is -0.0582. The van der Waals surface area contributed by atoms with Gasteiger partial charge in [0.05, 0.1) is 23.5 Å². The Hall–Kier alpha value is -3.42. The van der Waals surface area contributed by atoms with Crippen molar-refractivity contribution in [1.82, 2.24) is 19.6 Å². The van der Waals surface area contributed by atoms with Gasteiger partial charge < -0.3 is 10.6 Å². The molecule has 0 fully saturated rings. The molecule has 0 saturated carbocycles. The second kappa shape index (κ2) is 8.30. The maximum Gasteiger partial charge on any atom is 0.276 e. The Bertz CT molecular complexity index is 1030. The molecule has 0 aliphatic rings. The molecule has 0 bridgehead atoms. The average molecular weight is 394 g/mol. The van der Waals surface area contributed by atoms with E-state index in [2.05, 4.69) is 20.8 Å². The molecule has 2 heterocycles. The number of amides is 2. The van der Waals surface area contributed by atoms with Crippen molar-refractivity contribution in [2.24, 2.45) is 7.05 Å². The predicted molar refractivity (Wildman–Crippen MR) is 112 cm³/mol. The second-order valence-corrected chi connectivity index (χ2v) is 7.29. The van der Waals surface area contributed by atoms with E-state index in [0.29, 0.717) is 11.5 Å². The molecule has 0 saturated heterocycles. The van der Waals surface area contributed by atoms with Crippen LogP contribution in [0.1, 0.15) is 47.3 Å². The van der Waals surface area contributed by atoms with Crippen LogP contribution in [0.25, 0.3) is 0 Å². The van der Waals surface area contributed by atoms with Crippen molar-refractivity contribution in [2.45, 2.75) is 40.2 Å². The van der Waals surface area contributed by atoms with Crippen LogP contribution in [0, 0.1) is 13.8 Å². The highest BCUT2D eigenvalue weighted by Gasteiger charge is 2.19. The number of aromatic nitrogens is 4. The van der Waals surface area contributed by atoms with Crippen LogP contribution in [-0.2, 0) is 18.3 Å².